The van der Waals surface area contributed by atoms with E-state index < -0.39 is 11.4 Å². The van der Waals surface area contributed by atoms with Crippen LogP contribution >= 0.6 is 0 Å². The van der Waals surface area contributed by atoms with Crippen molar-refractivity contribution in [3.05, 3.63) is 0 Å². The van der Waals surface area contributed by atoms with Crippen LogP contribution in [0.5, 0.6) is 0 Å². The van der Waals surface area contributed by atoms with Gasteiger partial charge in [-0.05, 0) is 26.8 Å². The number of rotatable bonds is 3. The van der Waals surface area contributed by atoms with Crippen LogP contribution in [0.25, 0.3) is 0 Å². The molecule has 0 aliphatic heterocycles. The molecule has 0 saturated heterocycles. The van der Waals surface area contributed by atoms with Crippen LogP contribution in [-0.4, -0.2) is 41.7 Å². The molecule has 0 atom stereocenters. The molecule has 0 aromatic rings. The molecule has 3 N–H and O–H groups in total. The van der Waals surface area contributed by atoms with E-state index in [9.17, 15) is 4.79 Å². The van der Waals surface area contributed by atoms with Crippen molar-refractivity contribution in [3.63, 3.8) is 0 Å². The lowest BCUT2D eigenvalue weighted by Crippen LogP contribution is -2.41. The minimum Gasteiger partial charge on any atom is -0.395 e. The van der Waals surface area contributed by atoms with E-state index >= 15 is 0 Å². The lowest BCUT2D eigenvalue weighted by molar-refractivity contribution is -0.112. The molecule has 4 heteroatoms. The minimum absolute atomic E-state index is 0.0676. The summed E-state index contributed by atoms with van der Waals surface area (Å²) in [6.07, 6.45) is 0. The Balaban J connectivity index is 4.40. The number of hydrogen-bond donors (Lipinski definition) is 2. The van der Waals surface area contributed by atoms with Crippen molar-refractivity contribution in [1.29, 1.82) is 0 Å². The van der Waals surface area contributed by atoms with Crippen molar-refractivity contribution in [3.8, 4) is 11.8 Å². The Labute approximate surface area is 78.7 Å². The summed E-state index contributed by atoms with van der Waals surface area (Å²) in [5.74, 6) is 4.39. The third kappa shape index (κ3) is 4.51. The second kappa shape index (κ2) is 4.85. The lowest BCUT2D eigenvalue weighted by Gasteiger charge is -2.29. The molecule has 0 aliphatic carbocycles. The number of amides is 1. The fourth-order valence-electron chi connectivity index (χ4n) is 0.739. The van der Waals surface area contributed by atoms with E-state index in [1.165, 1.54) is 0 Å². The lowest BCUT2D eigenvalue weighted by atomic mass is 10.0. The zero-order chi connectivity index (χ0) is 10.5. The average molecular weight is 184 g/mol. The molecule has 13 heavy (non-hydrogen) atoms. The van der Waals surface area contributed by atoms with Gasteiger partial charge < -0.3 is 10.8 Å². The molecule has 0 aromatic heterocycles. The van der Waals surface area contributed by atoms with Gasteiger partial charge in [0.05, 0.1) is 12.1 Å². The van der Waals surface area contributed by atoms with Crippen LogP contribution in [0.4, 0.5) is 0 Å². The molecule has 0 aliphatic rings. The number of hydrogen-bond acceptors (Lipinski definition) is 3. The van der Waals surface area contributed by atoms with Crippen molar-refractivity contribution < 1.29 is 9.90 Å². The second-order valence-electron chi connectivity index (χ2n) is 3.32. The number of carbonyl (C=O) groups excluding carboxylic acids is 1. The first-order valence-electron chi connectivity index (χ1n) is 4.05. The highest BCUT2D eigenvalue weighted by Gasteiger charge is 2.19. The second-order valence-corrected chi connectivity index (χ2v) is 3.32. The van der Waals surface area contributed by atoms with E-state index in [0.29, 0.717) is 6.54 Å². The Hall–Kier alpha value is -1.05. The van der Waals surface area contributed by atoms with Crippen LogP contribution in [0.2, 0.25) is 0 Å². The van der Waals surface area contributed by atoms with Crippen molar-refractivity contribution >= 4 is 5.91 Å². The molecule has 0 heterocycles. The zero-order valence-corrected chi connectivity index (χ0v) is 8.29. The number of aliphatic hydroxyl groups is 1. The summed E-state index contributed by atoms with van der Waals surface area (Å²) in [5, 5.41) is 8.70. The monoisotopic (exact) mass is 184 g/mol. The van der Waals surface area contributed by atoms with E-state index in [1.807, 2.05) is 25.8 Å². The van der Waals surface area contributed by atoms with E-state index in [1.54, 1.807) is 0 Å². The number of nitrogens with two attached hydrogens (primary N) is 1. The molecule has 0 rings (SSSR count). The van der Waals surface area contributed by atoms with Crippen molar-refractivity contribution in [2.75, 3.05) is 20.2 Å². The number of nitrogens with zero attached hydrogens (tertiary/aromatic N) is 1. The van der Waals surface area contributed by atoms with Crippen LogP contribution in [0.15, 0.2) is 0 Å². The first-order valence-corrected chi connectivity index (χ1v) is 4.05. The fourth-order valence-corrected chi connectivity index (χ4v) is 0.739. The average Bonchev–Trinajstić information content (AvgIpc) is 2.01. The zero-order valence-electron chi connectivity index (χ0n) is 8.29. The van der Waals surface area contributed by atoms with E-state index in [2.05, 4.69) is 11.8 Å². The summed E-state index contributed by atoms with van der Waals surface area (Å²) >= 11 is 0. The topological polar surface area (TPSA) is 66.6 Å². The van der Waals surface area contributed by atoms with E-state index in [4.69, 9.17) is 10.8 Å². The highest BCUT2D eigenvalue weighted by Crippen LogP contribution is 2.09. The van der Waals surface area contributed by atoms with Crippen LogP contribution in [-0.2, 0) is 4.79 Å². The standard InChI is InChI=1S/C9H16N2O2/c1-9(2,5-4-8(10)13)11(3)6-7-12/h12H,6-7H2,1-3H3,(H2,10,13). The quantitative estimate of drug-likeness (QED) is 0.563. The summed E-state index contributed by atoms with van der Waals surface area (Å²) in [6, 6.07) is 0. The Morgan fingerprint density at radius 2 is 2.15 bits per heavy atom. The molecule has 0 aromatic carbocycles. The van der Waals surface area contributed by atoms with Gasteiger partial charge in [-0.25, -0.2) is 0 Å². The third-order valence-corrected chi connectivity index (χ3v) is 1.88. The van der Waals surface area contributed by atoms with Gasteiger partial charge in [0, 0.05) is 6.54 Å². The van der Waals surface area contributed by atoms with Gasteiger partial charge in [0.2, 0.25) is 0 Å². The molecule has 0 unspecified atom stereocenters. The Kier molecular flexibility index (Phi) is 4.46. The number of carbonyl (C=O) groups is 1. The smallest absolute Gasteiger partial charge is 0.293 e. The van der Waals surface area contributed by atoms with Crippen molar-refractivity contribution in [2.24, 2.45) is 5.73 Å². The summed E-state index contributed by atoms with van der Waals surface area (Å²) < 4.78 is 0. The van der Waals surface area contributed by atoms with Gasteiger partial charge in [0.1, 0.15) is 0 Å². The number of likely N-dealkylation sites (N-methyl/N-ethyl adjacent to an activating group) is 1. The van der Waals surface area contributed by atoms with Gasteiger partial charge in [-0.3, -0.25) is 9.69 Å². The first-order chi connectivity index (χ1) is 5.90. The van der Waals surface area contributed by atoms with Crippen LogP contribution in [0.3, 0.4) is 0 Å². The van der Waals surface area contributed by atoms with Gasteiger partial charge in [-0.15, -0.1) is 0 Å². The maximum Gasteiger partial charge on any atom is 0.293 e. The van der Waals surface area contributed by atoms with Gasteiger partial charge in [-0.1, -0.05) is 5.92 Å². The molecular formula is C9H16N2O2. The van der Waals surface area contributed by atoms with Gasteiger partial charge >= 0.3 is 0 Å². The molecule has 74 valence electrons. The molecule has 0 bridgehead atoms. The van der Waals surface area contributed by atoms with Crippen LogP contribution in [0, 0.1) is 11.8 Å². The highest BCUT2D eigenvalue weighted by molar-refractivity contribution is 5.92. The Morgan fingerprint density at radius 3 is 2.54 bits per heavy atom. The predicted molar refractivity (Wildman–Crippen MR) is 50.8 cm³/mol. The van der Waals surface area contributed by atoms with E-state index in [0.717, 1.165) is 0 Å². The first kappa shape index (κ1) is 11.9. The molecule has 0 spiro atoms. The van der Waals surface area contributed by atoms with Crippen LogP contribution < -0.4 is 5.73 Å². The number of β-amino-alcohol motifs (C(OH)–C–C–N with tert-alkyl or cyclic N) is 1. The molecule has 0 saturated carbocycles. The predicted octanol–water partition coefficient (Wildman–Crippen LogP) is -0.822. The molecule has 1 amide bonds. The third-order valence-electron chi connectivity index (χ3n) is 1.88. The largest absolute Gasteiger partial charge is 0.395 e. The molecule has 0 fully saturated rings. The van der Waals surface area contributed by atoms with Crippen molar-refractivity contribution in [2.45, 2.75) is 19.4 Å². The van der Waals surface area contributed by atoms with Crippen LogP contribution in [0.1, 0.15) is 13.8 Å². The van der Waals surface area contributed by atoms with Gasteiger partial charge in [0.25, 0.3) is 5.91 Å². The number of primary amides is 1. The Morgan fingerprint density at radius 1 is 1.62 bits per heavy atom. The SMILES string of the molecule is CN(CCO)C(C)(C)C#CC(N)=O. The number of aliphatic hydroxyl groups excluding tert-OH is 1. The summed E-state index contributed by atoms with van der Waals surface area (Å²) in [6.45, 7) is 4.30. The highest BCUT2D eigenvalue weighted by atomic mass is 16.3. The van der Waals surface area contributed by atoms with Gasteiger partial charge in [-0.2, -0.15) is 0 Å². The Bertz CT molecular complexity index is 238. The van der Waals surface area contributed by atoms with E-state index in [-0.39, 0.29) is 6.61 Å². The molecule has 4 nitrogen and oxygen atoms in total. The normalized spacial score (nSPS) is 10.8. The summed E-state index contributed by atoms with van der Waals surface area (Å²) in [5.41, 5.74) is 4.45. The summed E-state index contributed by atoms with van der Waals surface area (Å²) in [4.78, 5) is 12.3. The van der Waals surface area contributed by atoms with Crippen molar-refractivity contribution in [1.82, 2.24) is 4.90 Å². The summed E-state index contributed by atoms with van der Waals surface area (Å²) in [7, 11) is 1.83. The fraction of sp³-hybridized carbons (Fsp3) is 0.667. The molecule has 0 radical (unpaired) electrons. The molecular weight excluding hydrogens is 168 g/mol. The van der Waals surface area contributed by atoms with Gasteiger partial charge in [0.15, 0.2) is 0 Å². The maximum atomic E-state index is 10.4. The maximum absolute atomic E-state index is 10.4. The minimum atomic E-state index is -0.634.